The van der Waals surface area contributed by atoms with Crippen molar-refractivity contribution in [3.05, 3.63) is 30.0 Å². The van der Waals surface area contributed by atoms with Crippen molar-refractivity contribution in [2.24, 2.45) is 0 Å². The van der Waals surface area contributed by atoms with Crippen LogP contribution in [-0.2, 0) is 22.6 Å². The fourth-order valence-corrected chi connectivity index (χ4v) is 2.80. The molecule has 1 aliphatic heterocycles. The first-order valence-electron chi connectivity index (χ1n) is 8.29. The molecule has 0 saturated carbocycles. The summed E-state index contributed by atoms with van der Waals surface area (Å²) in [7, 11) is 1.64. The second-order valence-electron chi connectivity index (χ2n) is 5.84. The molecule has 0 spiro atoms. The van der Waals surface area contributed by atoms with Crippen LogP contribution in [0.2, 0.25) is 0 Å². The lowest BCUT2D eigenvalue weighted by atomic mass is 10.2. The smallest absolute Gasteiger partial charge is 0.293 e. The summed E-state index contributed by atoms with van der Waals surface area (Å²) in [6, 6.07) is 3.56. The monoisotopic (exact) mass is 361 g/mol. The van der Waals surface area contributed by atoms with Crippen LogP contribution in [0, 0.1) is 0 Å². The Morgan fingerprint density at radius 1 is 1.38 bits per heavy atom. The number of methoxy groups -OCH3 is 1. The van der Waals surface area contributed by atoms with E-state index >= 15 is 0 Å². The van der Waals surface area contributed by atoms with Crippen LogP contribution in [0.1, 0.15) is 17.8 Å². The standard InChI is InChI=1S/C15H19N7O4/c1-23-7-5-22-14(17-19-20-22)12-9-21(4-8-25-12)10-13-16-15(26-18-13)11-3-2-6-24-11/h2-3,6,12H,4-5,7-10H2,1H3/t12-/m1/s1. The normalized spacial score (nSPS) is 18.4. The molecule has 0 bridgehead atoms. The zero-order valence-corrected chi connectivity index (χ0v) is 14.3. The fourth-order valence-electron chi connectivity index (χ4n) is 2.80. The van der Waals surface area contributed by atoms with E-state index in [1.807, 2.05) is 0 Å². The molecular formula is C15H19N7O4. The summed E-state index contributed by atoms with van der Waals surface area (Å²) >= 11 is 0. The maximum Gasteiger partial charge on any atom is 0.293 e. The van der Waals surface area contributed by atoms with Gasteiger partial charge in [-0.1, -0.05) is 5.16 Å². The first kappa shape index (κ1) is 16.8. The third-order valence-electron chi connectivity index (χ3n) is 4.07. The highest BCUT2D eigenvalue weighted by Gasteiger charge is 2.27. The van der Waals surface area contributed by atoms with Crippen molar-refractivity contribution in [2.45, 2.75) is 19.2 Å². The molecule has 0 aromatic carbocycles. The van der Waals surface area contributed by atoms with Gasteiger partial charge in [-0.25, -0.2) is 4.68 Å². The van der Waals surface area contributed by atoms with Crippen LogP contribution >= 0.6 is 0 Å². The molecule has 1 atom stereocenters. The number of tetrazole rings is 1. The summed E-state index contributed by atoms with van der Waals surface area (Å²) in [5.41, 5.74) is 0. The van der Waals surface area contributed by atoms with E-state index in [2.05, 4.69) is 30.6 Å². The first-order chi connectivity index (χ1) is 12.8. The van der Waals surface area contributed by atoms with Crippen molar-refractivity contribution in [1.82, 2.24) is 35.2 Å². The summed E-state index contributed by atoms with van der Waals surface area (Å²) in [5.74, 6) is 2.21. The van der Waals surface area contributed by atoms with E-state index in [0.29, 0.717) is 56.1 Å². The minimum absolute atomic E-state index is 0.216. The number of morpholine rings is 1. The minimum atomic E-state index is -0.216. The second-order valence-corrected chi connectivity index (χ2v) is 5.84. The highest BCUT2D eigenvalue weighted by atomic mass is 16.5. The van der Waals surface area contributed by atoms with Crippen molar-refractivity contribution in [2.75, 3.05) is 33.4 Å². The quantitative estimate of drug-likeness (QED) is 0.590. The lowest BCUT2D eigenvalue weighted by Crippen LogP contribution is -2.39. The van der Waals surface area contributed by atoms with Crippen LogP contribution in [0.15, 0.2) is 27.3 Å². The van der Waals surface area contributed by atoms with Crippen LogP contribution in [-0.4, -0.2) is 68.7 Å². The Bertz CT molecular complexity index is 816. The molecule has 1 fully saturated rings. The van der Waals surface area contributed by atoms with Gasteiger partial charge in [-0.2, -0.15) is 4.98 Å². The van der Waals surface area contributed by atoms with E-state index in [-0.39, 0.29) is 6.10 Å². The predicted octanol–water partition coefficient (Wildman–Crippen LogP) is 0.536. The Morgan fingerprint density at radius 2 is 2.35 bits per heavy atom. The van der Waals surface area contributed by atoms with E-state index < -0.39 is 0 Å². The molecule has 0 unspecified atom stereocenters. The van der Waals surface area contributed by atoms with Crippen molar-refractivity contribution in [3.8, 4) is 11.7 Å². The van der Waals surface area contributed by atoms with E-state index in [0.717, 1.165) is 6.54 Å². The highest BCUT2D eigenvalue weighted by Crippen LogP contribution is 2.22. The molecule has 1 aliphatic rings. The van der Waals surface area contributed by atoms with Gasteiger partial charge < -0.3 is 18.4 Å². The number of furan rings is 1. The molecule has 1 saturated heterocycles. The lowest BCUT2D eigenvalue weighted by Gasteiger charge is -2.31. The second kappa shape index (κ2) is 7.72. The Balaban J connectivity index is 1.40. The SMILES string of the molecule is COCCn1nnnc1[C@H]1CN(Cc2noc(-c3ccco3)n2)CCO1. The van der Waals surface area contributed by atoms with Gasteiger partial charge in [0.25, 0.3) is 5.89 Å². The molecular weight excluding hydrogens is 342 g/mol. The Labute approximate surface area is 148 Å². The van der Waals surface area contributed by atoms with Crippen LogP contribution in [0.3, 0.4) is 0 Å². The third-order valence-corrected chi connectivity index (χ3v) is 4.07. The van der Waals surface area contributed by atoms with Crippen molar-refractivity contribution >= 4 is 0 Å². The van der Waals surface area contributed by atoms with Gasteiger partial charge in [0.1, 0.15) is 6.10 Å². The molecule has 4 heterocycles. The third kappa shape index (κ3) is 3.64. The summed E-state index contributed by atoms with van der Waals surface area (Å²) in [4.78, 5) is 6.56. The van der Waals surface area contributed by atoms with E-state index in [4.69, 9.17) is 18.4 Å². The number of nitrogens with zero attached hydrogens (tertiary/aromatic N) is 7. The summed E-state index contributed by atoms with van der Waals surface area (Å²) < 4.78 is 23.2. The minimum Gasteiger partial charge on any atom is -0.459 e. The number of hydrogen-bond acceptors (Lipinski definition) is 10. The molecule has 11 heteroatoms. The Kier molecular flexibility index (Phi) is 5.00. The average molecular weight is 361 g/mol. The average Bonchev–Trinajstić information content (AvgIpc) is 3.41. The summed E-state index contributed by atoms with van der Waals surface area (Å²) in [5, 5.41) is 15.9. The van der Waals surface area contributed by atoms with E-state index in [1.54, 1.807) is 30.2 Å². The topological polar surface area (TPSA) is 117 Å². The van der Waals surface area contributed by atoms with Crippen LogP contribution in [0.25, 0.3) is 11.7 Å². The largest absolute Gasteiger partial charge is 0.459 e. The molecule has 138 valence electrons. The zero-order chi connectivity index (χ0) is 17.8. The van der Waals surface area contributed by atoms with Crippen LogP contribution < -0.4 is 0 Å². The Morgan fingerprint density at radius 3 is 3.19 bits per heavy atom. The van der Waals surface area contributed by atoms with Gasteiger partial charge >= 0.3 is 0 Å². The maximum atomic E-state index is 5.85. The van der Waals surface area contributed by atoms with Crippen molar-refractivity contribution in [1.29, 1.82) is 0 Å². The molecule has 0 aliphatic carbocycles. The predicted molar refractivity (Wildman–Crippen MR) is 85.7 cm³/mol. The summed E-state index contributed by atoms with van der Waals surface area (Å²) in [6.45, 7) is 3.63. The molecule has 4 rings (SSSR count). The molecule has 3 aromatic rings. The molecule has 26 heavy (non-hydrogen) atoms. The maximum absolute atomic E-state index is 5.85. The molecule has 0 radical (unpaired) electrons. The molecule has 11 nitrogen and oxygen atoms in total. The van der Waals surface area contributed by atoms with Crippen LogP contribution in [0.5, 0.6) is 0 Å². The molecule has 3 aromatic heterocycles. The summed E-state index contributed by atoms with van der Waals surface area (Å²) in [6.07, 6.45) is 1.35. The van der Waals surface area contributed by atoms with Crippen LogP contribution in [0.4, 0.5) is 0 Å². The number of hydrogen-bond donors (Lipinski definition) is 0. The van der Waals surface area contributed by atoms with Crippen molar-refractivity contribution in [3.63, 3.8) is 0 Å². The van der Waals surface area contributed by atoms with Gasteiger partial charge in [0.05, 0.1) is 32.6 Å². The van der Waals surface area contributed by atoms with E-state index in [1.165, 1.54) is 0 Å². The van der Waals surface area contributed by atoms with E-state index in [9.17, 15) is 0 Å². The van der Waals surface area contributed by atoms with Gasteiger partial charge in [-0.3, -0.25) is 4.90 Å². The van der Waals surface area contributed by atoms with Crippen molar-refractivity contribution < 1.29 is 18.4 Å². The zero-order valence-electron chi connectivity index (χ0n) is 14.3. The lowest BCUT2D eigenvalue weighted by molar-refractivity contribution is -0.0405. The molecule has 0 N–H and O–H groups in total. The number of ether oxygens (including phenoxy) is 2. The Hall–Kier alpha value is -2.63. The van der Waals surface area contributed by atoms with Gasteiger partial charge in [0.15, 0.2) is 17.4 Å². The van der Waals surface area contributed by atoms with Gasteiger partial charge in [-0.15, -0.1) is 5.10 Å². The first-order valence-corrected chi connectivity index (χ1v) is 8.29. The fraction of sp³-hybridized carbons (Fsp3) is 0.533. The van der Waals surface area contributed by atoms with Gasteiger partial charge in [0, 0.05) is 20.2 Å². The highest BCUT2D eigenvalue weighted by molar-refractivity contribution is 5.42. The number of rotatable bonds is 7. The van der Waals surface area contributed by atoms with Gasteiger partial charge in [-0.05, 0) is 22.6 Å². The molecule has 0 amide bonds. The number of aromatic nitrogens is 6. The van der Waals surface area contributed by atoms with Gasteiger partial charge in [0.2, 0.25) is 0 Å².